The van der Waals surface area contributed by atoms with Crippen LogP contribution in [-0.4, -0.2) is 34.6 Å². The number of carbonyl (C=O) groups excluding carboxylic acids is 2. The topological polar surface area (TPSA) is 73.2 Å². The summed E-state index contributed by atoms with van der Waals surface area (Å²) in [6, 6.07) is -0.111. The largest absolute Gasteiger partial charge is 0.469 e. The van der Waals surface area contributed by atoms with E-state index < -0.39 is 0 Å². The first-order valence-corrected chi connectivity index (χ1v) is 8.91. The van der Waals surface area contributed by atoms with Gasteiger partial charge in [0, 0.05) is 37.3 Å². The van der Waals surface area contributed by atoms with Crippen LogP contribution in [0.1, 0.15) is 64.1 Å². The molecular formula is C18H29N3O3. The van der Waals surface area contributed by atoms with Crippen LogP contribution >= 0.6 is 0 Å². The molecule has 1 aromatic heterocycles. The number of rotatable bonds is 6. The van der Waals surface area contributed by atoms with E-state index in [-0.39, 0.29) is 23.8 Å². The lowest BCUT2D eigenvalue weighted by Gasteiger charge is -2.24. The number of carbonyl (C=O) groups is 2. The van der Waals surface area contributed by atoms with E-state index in [1.807, 2.05) is 10.8 Å². The average Bonchev–Trinajstić information content (AvgIpc) is 2.92. The minimum Gasteiger partial charge on any atom is -0.469 e. The highest BCUT2D eigenvalue weighted by Gasteiger charge is 2.31. The molecule has 0 spiro atoms. The van der Waals surface area contributed by atoms with Gasteiger partial charge in [-0.05, 0) is 12.8 Å². The van der Waals surface area contributed by atoms with Crippen molar-refractivity contribution < 1.29 is 14.3 Å². The van der Waals surface area contributed by atoms with E-state index in [1.165, 1.54) is 7.11 Å². The Bertz CT molecular complexity index is 553. The van der Waals surface area contributed by atoms with E-state index in [2.05, 4.69) is 24.1 Å². The maximum absolute atomic E-state index is 12.4. The number of methoxy groups -OCH3 is 1. The number of hydrogen-bond acceptors (Lipinski definition) is 4. The third-order valence-corrected chi connectivity index (χ3v) is 4.71. The Morgan fingerprint density at radius 2 is 2.08 bits per heavy atom. The predicted octanol–water partition coefficient (Wildman–Crippen LogP) is 2.63. The SMILES string of the molecule is COC(=O)[C@H]1CCCCC[C@@H]1NC(=O)CCn1ccnc1C(C)C. The molecule has 2 atom stereocenters. The number of hydrogen-bond donors (Lipinski definition) is 1. The first-order chi connectivity index (χ1) is 11.5. The van der Waals surface area contributed by atoms with Crippen molar-refractivity contribution in [2.75, 3.05) is 7.11 Å². The lowest BCUT2D eigenvalue weighted by molar-refractivity contribution is -0.147. The fourth-order valence-electron chi connectivity index (χ4n) is 3.43. The first kappa shape index (κ1) is 18.5. The molecule has 0 aromatic carbocycles. The molecule has 24 heavy (non-hydrogen) atoms. The van der Waals surface area contributed by atoms with Crippen molar-refractivity contribution in [3.63, 3.8) is 0 Å². The van der Waals surface area contributed by atoms with Crippen LogP contribution < -0.4 is 5.32 Å². The Labute approximate surface area is 144 Å². The van der Waals surface area contributed by atoms with Crippen molar-refractivity contribution in [1.29, 1.82) is 0 Å². The molecule has 0 unspecified atom stereocenters. The molecule has 0 radical (unpaired) electrons. The second kappa shape index (κ2) is 8.85. The number of esters is 1. The lowest BCUT2D eigenvalue weighted by Crippen LogP contribution is -2.43. The molecular weight excluding hydrogens is 306 g/mol. The maximum atomic E-state index is 12.4. The third-order valence-electron chi connectivity index (χ3n) is 4.71. The molecule has 1 N–H and O–H groups in total. The zero-order chi connectivity index (χ0) is 17.5. The van der Waals surface area contributed by atoms with Gasteiger partial charge in [0.1, 0.15) is 5.82 Å². The minimum atomic E-state index is -0.221. The van der Waals surface area contributed by atoms with Crippen LogP contribution in [0.3, 0.4) is 0 Å². The van der Waals surface area contributed by atoms with Crippen molar-refractivity contribution in [2.45, 2.75) is 70.9 Å². The summed E-state index contributed by atoms with van der Waals surface area (Å²) in [6.45, 7) is 4.78. The monoisotopic (exact) mass is 335 g/mol. The molecule has 1 aromatic rings. The van der Waals surface area contributed by atoms with Gasteiger partial charge in [-0.25, -0.2) is 4.98 Å². The van der Waals surface area contributed by atoms with Gasteiger partial charge in [-0.2, -0.15) is 0 Å². The van der Waals surface area contributed by atoms with Gasteiger partial charge in [-0.3, -0.25) is 9.59 Å². The molecule has 6 nitrogen and oxygen atoms in total. The average molecular weight is 335 g/mol. The molecule has 1 fully saturated rings. The fourth-order valence-corrected chi connectivity index (χ4v) is 3.43. The van der Waals surface area contributed by atoms with E-state index >= 15 is 0 Å². The summed E-state index contributed by atoms with van der Waals surface area (Å²) in [5.74, 6) is 0.873. The summed E-state index contributed by atoms with van der Waals surface area (Å²) in [4.78, 5) is 28.7. The molecule has 1 aliphatic carbocycles. The summed E-state index contributed by atoms with van der Waals surface area (Å²) in [6.07, 6.45) is 8.85. The maximum Gasteiger partial charge on any atom is 0.310 e. The van der Waals surface area contributed by atoms with Crippen molar-refractivity contribution in [1.82, 2.24) is 14.9 Å². The molecule has 0 aliphatic heterocycles. The van der Waals surface area contributed by atoms with Crippen LogP contribution in [0, 0.1) is 5.92 Å². The van der Waals surface area contributed by atoms with Gasteiger partial charge in [0.25, 0.3) is 0 Å². The van der Waals surface area contributed by atoms with Gasteiger partial charge in [0.2, 0.25) is 5.91 Å². The normalized spacial score (nSPS) is 21.3. The van der Waals surface area contributed by atoms with Crippen LogP contribution in [0.15, 0.2) is 12.4 Å². The van der Waals surface area contributed by atoms with Crippen molar-refractivity contribution in [2.24, 2.45) is 5.92 Å². The molecule has 1 heterocycles. The highest BCUT2D eigenvalue weighted by atomic mass is 16.5. The van der Waals surface area contributed by atoms with E-state index in [4.69, 9.17) is 4.74 Å². The summed E-state index contributed by atoms with van der Waals surface area (Å²) >= 11 is 0. The first-order valence-electron chi connectivity index (χ1n) is 8.91. The summed E-state index contributed by atoms with van der Waals surface area (Å²) in [7, 11) is 1.42. The Morgan fingerprint density at radius 1 is 1.33 bits per heavy atom. The van der Waals surface area contributed by atoms with Crippen LogP contribution in [0.5, 0.6) is 0 Å². The molecule has 1 amide bonds. The second-order valence-corrected chi connectivity index (χ2v) is 6.83. The molecule has 0 bridgehead atoms. The summed E-state index contributed by atoms with van der Waals surface area (Å²) in [5.41, 5.74) is 0. The number of ether oxygens (including phenoxy) is 1. The minimum absolute atomic E-state index is 0.0146. The zero-order valence-corrected chi connectivity index (χ0v) is 15.0. The van der Waals surface area contributed by atoms with Gasteiger partial charge in [-0.15, -0.1) is 0 Å². The number of imidazole rings is 1. The third kappa shape index (κ3) is 4.82. The molecule has 134 valence electrons. The summed E-state index contributed by atoms with van der Waals surface area (Å²) < 4.78 is 6.94. The highest BCUT2D eigenvalue weighted by molar-refractivity contribution is 5.78. The highest BCUT2D eigenvalue weighted by Crippen LogP contribution is 2.24. The van der Waals surface area contributed by atoms with Crippen LogP contribution in [0.25, 0.3) is 0 Å². The molecule has 1 saturated carbocycles. The quantitative estimate of drug-likeness (QED) is 0.641. The van der Waals surface area contributed by atoms with Crippen molar-refractivity contribution >= 4 is 11.9 Å². The lowest BCUT2D eigenvalue weighted by atomic mass is 9.94. The van der Waals surface area contributed by atoms with Gasteiger partial charge < -0.3 is 14.6 Å². The predicted molar refractivity (Wildman–Crippen MR) is 91.5 cm³/mol. The molecule has 1 aliphatic rings. The zero-order valence-electron chi connectivity index (χ0n) is 15.0. The van der Waals surface area contributed by atoms with Crippen molar-refractivity contribution in [3.8, 4) is 0 Å². The van der Waals surface area contributed by atoms with Crippen LogP contribution in [-0.2, 0) is 20.9 Å². The van der Waals surface area contributed by atoms with E-state index in [0.717, 1.165) is 37.9 Å². The van der Waals surface area contributed by atoms with E-state index in [9.17, 15) is 9.59 Å². The van der Waals surface area contributed by atoms with Crippen molar-refractivity contribution in [3.05, 3.63) is 18.2 Å². The Hall–Kier alpha value is -1.85. The van der Waals surface area contributed by atoms with E-state index in [0.29, 0.717) is 18.9 Å². The standard InChI is InChI=1S/C18H29N3O3/c1-13(2)17-19-10-12-21(17)11-9-16(22)20-15-8-6-4-5-7-14(15)18(23)24-3/h10,12-15H,4-9,11H2,1-3H3,(H,20,22)/t14-,15-/m0/s1. The Balaban J connectivity index is 1.91. The Morgan fingerprint density at radius 3 is 2.79 bits per heavy atom. The summed E-state index contributed by atoms with van der Waals surface area (Å²) in [5, 5.41) is 3.06. The van der Waals surface area contributed by atoms with Gasteiger partial charge in [-0.1, -0.05) is 33.1 Å². The molecule has 2 rings (SSSR count). The van der Waals surface area contributed by atoms with E-state index in [1.54, 1.807) is 6.20 Å². The Kier molecular flexibility index (Phi) is 6.82. The fraction of sp³-hybridized carbons (Fsp3) is 0.722. The number of nitrogens with one attached hydrogen (secondary N) is 1. The van der Waals surface area contributed by atoms with Gasteiger partial charge in [0.15, 0.2) is 0 Å². The number of aryl methyl sites for hydroxylation is 1. The smallest absolute Gasteiger partial charge is 0.310 e. The number of nitrogens with zero attached hydrogens (tertiary/aromatic N) is 2. The molecule has 6 heteroatoms. The molecule has 0 saturated heterocycles. The number of amides is 1. The van der Waals surface area contributed by atoms with Gasteiger partial charge in [0.05, 0.1) is 13.0 Å². The van der Waals surface area contributed by atoms with Gasteiger partial charge >= 0.3 is 5.97 Å². The van der Waals surface area contributed by atoms with Crippen LogP contribution in [0.2, 0.25) is 0 Å². The number of aromatic nitrogens is 2. The van der Waals surface area contributed by atoms with Crippen LogP contribution in [0.4, 0.5) is 0 Å². The second-order valence-electron chi connectivity index (χ2n) is 6.83.